The van der Waals surface area contributed by atoms with Gasteiger partial charge in [0.1, 0.15) is 5.75 Å². The first-order chi connectivity index (χ1) is 12.5. The zero-order valence-electron chi connectivity index (χ0n) is 15.4. The fourth-order valence-electron chi connectivity index (χ4n) is 3.12. The summed E-state index contributed by atoms with van der Waals surface area (Å²) in [6.07, 6.45) is 4.90. The molecule has 0 aromatic heterocycles. The molecule has 0 N–H and O–H groups in total. The van der Waals surface area contributed by atoms with E-state index in [4.69, 9.17) is 9.47 Å². The highest BCUT2D eigenvalue weighted by Gasteiger charge is 2.31. The van der Waals surface area contributed by atoms with E-state index < -0.39 is 12.7 Å². The van der Waals surface area contributed by atoms with Gasteiger partial charge in [-0.15, -0.1) is 13.2 Å². The van der Waals surface area contributed by atoms with Crippen LogP contribution in [0, 0.1) is 5.92 Å². The molecule has 0 aliphatic carbocycles. The summed E-state index contributed by atoms with van der Waals surface area (Å²) in [4.78, 5) is 0. The molecular weight excluding hydrogens is 345 g/mol. The first-order valence-corrected chi connectivity index (χ1v) is 9.57. The van der Waals surface area contributed by atoms with Crippen LogP contribution in [0.5, 0.6) is 5.75 Å². The lowest BCUT2D eigenvalue weighted by molar-refractivity contribution is -0.274. The number of alkyl halides is 3. The lowest BCUT2D eigenvalue weighted by Crippen LogP contribution is -2.27. The van der Waals surface area contributed by atoms with Crippen LogP contribution in [-0.2, 0) is 9.47 Å². The predicted molar refractivity (Wildman–Crippen MR) is 93.9 cm³/mol. The molecule has 0 radical (unpaired) electrons. The zero-order valence-corrected chi connectivity index (χ0v) is 15.4. The Morgan fingerprint density at radius 1 is 0.923 bits per heavy atom. The molecule has 1 fully saturated rings. The summed E-state index contributed by atoms with van der Waals surface area (Å²) in [5.74, 6) is 0.156. The van der Waals surface area contributed by atoms with Gasteiger partial charge in [0.25, 0.3) is 0 Å². The van der Waals surface area contributed by atoms with Crippen LogP contribution in [0.1, 0.15) is 70.1 Å². The highest BCUT2D eigenvalue weighted by atomic mass is 19.4. The molecule has 3 nitrogen and oxygen atoms in total. The van der Waals surface area contributed by atoms with Gasteiger partial charge in [0.05, 0.1) is 13.2 Å². The summed E-state index contributed by atoms with van der Waals surface area (Å²) in [6.45, 7) is 3.48. The number of unbranched alkanes of at least 4 members (excludes halogenated alkanes) is 6. The molecule has 6 heteroatoms. The summed E-state index contributed by atoms with van der Waals surface area (Å²) >= 11 is 0. The van der Waals surface area contributed by atoms with Gasteiger partial charge >= 0.3 is 6.36 Å². The van der Waals surface area contributed by atoms with Crippen molar-refractivity contribution in [3.05, 3.63) is 29.8 Å². The first-order valence-electron chi connectivity index (χ1n) is 9.57. The van der Waals surface area contributed by atoms with E-state index in [1.807, 2.05) is 0 Å². The molecule has 0 atom stereocenters. The molecule has 0 saturated carbocycles. The number of halogens is 3. The highest BCUT2D eigenvalue weighted by molar-refractivity contribution is 5.28. The van der Waals surface area contributed by atoms with Crippen molar-refractivity contribution >= 4 is 0 Å². The summed E-state index contributed by atoms with van der Waals surface area (Å²) < 4.78 is 51.9. The minimum Gasteiger partial charge on any atom is -0.406 e. The maximum absolute atomic E-state index is 12.2. The molecule has 148 valence electrons. The van der Waals surface area contributed by atoms with E-state index in [-0.39, 0.29) is 5.75 Å². The van der Waals surface area contributed by atoms with Crippen LogP contribution < -0.4 is 4.74 Å². The van der Waals surface area contributed by atoms with Crippen LogP contribution in [0.2, 0.25) is 0 Å². The molecule has 0 unspecified atom stereocenters. The third kappa shape index (κ3) is 7.96. The second kappa shape index (κ2) is 10.8. The minimum absolute atomic E-state index is 0.242. The van der Waals surface area contributed by atoms with E-state index in [1.165, 1.54) is 57.1 Å². The molecule has 26 heavy (non-hydrogen) atoms. The quantitative estimate of drug-likeness (QED) is 0.444. The van der Waals surface area contributed by atoms with Crippen LogP contribution >= 0.6 is 0 Å². The molecule has 1 aromatic carbocycles. The average molecular weight is 374 g/mol. The van der Waals surface area contributed by atoms with Crippen molar-refractivity contribution in [1.82, 2.24) is 0 Å². The van der Waals surface area contributed by atoms with Gasteiger partial charge in [-0.3, -0.25) is 0 Å². The van der Waals surface area contributed by atoms with Gasteiger partial charge in [-0.05, 0) is 18.6 Å². The van der Waals surface area contributed by atoms with Crippen LogP contribution in [0.15, 0.2) is 24.3 Å². The summed E-state index contributed by atoms with van der Waals surface area (Å²) in [7, 11) is 0. The van der Waals surface area contributed by atoms with Crippen molar-refractivity contribution in [2.24, 2.45) is 5.92 Å². The smallest absolute Gasteiger partial charge is 0.406 e. The number of rotatable bonds is 10. The van der Waals surface area contributed by atoms with Gasteiger partial charge in [0.15, 0.2) is 6.29 Å². The van der Waals surface area contributed by atoms with Crippen molar-refractivity contribution in [3.8, 4) is 5.75 Å². The Labute approximate surface area is 153 Å². The molecule has 1 saturated heterocycles. The van der Waals surface area contributed by atoms with Crippen molar-refractivity contribution in [3.63, 3.8) is 0 Å². The second-order valence-electron chi connectivity index (χ2n) is 6.89. The lowest BCUT2D eigenvalue weighted by atomic mass is 10.0. The van der Waals surface area contributed by atoms with Crippen LogP contribution in [0.4, 0.5) is 13.2 Å². The summed E-state index contributed by atoms with van der Waals surface area (Å²) in [5.41, 5.74) is 0.703. The van der Waals surface area contributed by atoms with Crippen LogP contribution in [0.25, 0.3) is 0 Å². The largest absolute Gasteiger partial charge is 0.573 e. The summed E-state index contributed by atoms with van der Waals surface area (Å²) in [6, 6.07) is 5.64. The van der Waals surface area contributed by atoms with E-state index in [9.17, 15) is 13.2 Å². The molecular formula is C20H29F3O3. The first kappa shape index (κ1) is 21.0. The summed E-state index contributed by atoms with van der Waals surface area (Å²) in [5, 5.41) is 0. The van der Waals surface area contributed by atoms with Crippen molar-refractivity contribution < 1.29 is 27.4 Å². The Hall–Kier alpha value is -1.27. The SMILES string of the molecule is CCCCCCCCCC1COC(c2ccc(OC(F)(F)F)cc2)OC1. The van der Waals surface area contributed by atoms with Crippen LogP contribution in [-0.4, -0.2) is 19.6 Å². The van der Waals surface area contributed by atoms with Gasteiger partial charge in [0.2, 0.25) is 0 Å². The number of benzene rings is 1. The second-order valence-corrected chi connectivity index (χ2v) is 6.89. The normalized spacial score (nSPS) is 20.9. The lowest BCUT2D eigenvalue weighted by Gasteiger charge is -2.29. The third-order valence-electron chi connectivity index (χ3n) is 4.57. The molecule has 1 aliphatic rings. The van der Waals surface area contributed by atoms with E-state index in [2.05, 4.69) is 11.7 Å². The number of ether oxygens (including phenoxy) is 3. The topological polar surface area (TPSA) is 27.7 Å². The van der Waals surface area contributed by atoms with E-state index in [0.29, 0.717) is 24.7 Å². The third-order valence-corrected chi connectivity index (χ3v) is 4.57. The van der Waals surface area contributed by atoms with E-state index >= 15 is 0 Å². The number of hydrogen-bond acceptors (Lipinski definition) is 3. The van der Waals surface area contributed by atoms with Gasteiger partial charge in [-0.25, -0.2) is 0 Å². The predicted octanol–water partition coefficient (Wildman–Crippen LogP) is 6.39. The Kier molecular flexibility index (Phi) is 8.72. The van der Waals surface area contributed by atoms with Gasteiger partial charge in [-0.2, -0.15) is 0 Å². The fraction of sp³-hybridized carbons (Fsp3) is 0.700. The number of hydrogen-bond donors (Lipinski definition) is 0. The van der Waals surface area contributed by atoms with Crippen LogP contribution in [0.3, 0.4) is 0 Å². The molecule has 0 bridgehead atoms. The molecule has 1 aliphatic heterocycles. The van der Waals surface area contributed by atoms with Crippen molar-refractivity contribution in [1.29, 1.82) is 0 Å². The minimum atomic E-state index is -4.68. The Bertz CT molecular complexity index is 494. The van der Waals surface area contributed by atoms with Gasteiger partial charge < -0.3 is 14.2 Å². The van der Waals surface area contributed by atoms with E-state index in [0.717, 1.165) is 6.42 Å². The molecule has 0 amide bonds. The molecule has 0 spiro atoms. The Morgan fingerprint density at radius 2 is 1.50 bits per heavy atom. The highest BCUT2D eigenvalue weighted by Crippen LogP contribution is 2.29. The zero-order chi connectivity index (χ0) is 18.8. The van der Waals surface area contributed by atoms with Crippen molar-refractivity contribution in [2.45, 2.75) is 70.9 Å². The fourth-order valence-corrected chi connectivity index (χ4v) is 3.12. The average Bonchev–Trinajstić information content (AvgIpc) is 2.61. The molecule has 2 rings (SSSR count). The van der Waals surface area contributed by atoms with Gasteiger partial charge in [0, 0.05) is 11.5 Å². The van der Waals surface area contributed by atoms with Crippen molar-refractivity contribution in [2.75, 3.05) is 13.2 Å². The molecule has 1 aromatic rings. The maximum atomic E-state index is 12.2. The van der Waals surface area contributed by atoms with E-state index in [1.54, 1.807) is 12.1 Å². The monoisotopic (exact) mass is 374 g/mol. The standard InChI is InChI=1S/C20H29F3O3/c1-2-3-4-5-6-7-8-9-16-14-24-19(25-15-16)17-10-12-18(13-11-17)26-20(21,22)23/h10-13,16,19H,2-9,14-15H2,1H3. The van der Waals surface area contributed by atoms with Gasteiger partial charge in [-0.1, -0.05) is 64.0 Å². The Balaban J connectivity index is 1.63. The maximum Gasteiger partial charge on any atom is 0.573 e. The Morgan fingerprint density at radius 3 is 2.08 bits per heavy atom. The molecule has 1 heterocycles.